The Morgan fingerprint density at radius 3 is 2.68 bits per heavy atom. The van der Waals surface area contributed by atoms with Gasteiger partial charge in [-0.2, -0.15) is 10.5 Å². The fourth-order valence-corrected chi connectivity index (χ4v) is 3.34. The first-order chi connectivity index (χ1) is 10.7. The molecule has 0 aromatic heterocycles. The molecule has 0 radical (unpaired) electrons. The molecule has 2 aromatic rings. The molecule has 2 aliphatic heterocycles. The van der Waals surface area contributed by atoms with Crippen LogP contribution >= 0.6 is 0 Å². The Kier molecular flexibility index (Phi) is 2.61. The molecule has 0 amide bonds. The number of ether oxygens (including phenoxy) is 1. The summed E-state index contributed by atoms with van der Waals surface area (Å²) in [7, 11) is 0. The Balaban J connectivity index is 2.00. The second kappa shape index (κ2) is 4.51. The molecule has 4 rings (SSSR count). The summed E-state index contributed by atoms with van der Waals surface area (Å²) < 4.78 is 6.01. The van der Waals surface area contributed by atoms with Crippen molar-refractivity contribution in [1.29, 1.82) is 10.5 Å². The first-order valence-electron chi connectivity index (χ1n) is 7.30. The third-order valence-corrected chi connectivity index (χ3v) is 4.42. The average Bonchev–Trinajstić information content (AvgIpc) is 2.56. The van der Waals surface area contributed by atoms with Crippen LogP contribution < -0.4 is 9.64 Å². The molecule has 0 fully saturated rings. The smallest absolute Gasteiger partial charge is 0.152 e. The molecule has 4 nitrogen and oxygen atoms in total. The van der Waals surface area contributed by atoms with Gasteiger partial charge in [-0.3, -0.25) is 0 Å². The largest absolute Gasteiger partial charge is 0.453 e. The summed E-state index contributed by atoms with van der Waals surface area (Å²) >= 11 is 0. The predicted octanol–water partition coefficient (Wildman–Crippen LogP) is 4.01. The van der Waals surface area contributed by atoms with Crippen molar-refractivity contribution < 1.29 is 4.74 Å². The van der Waals surface area contributed by atoms with Gasteiger partial charge in [0, 0.05) is 12.1 Å². The molecule has 2 aromatic carbocycles. The molecule has 0 bridgehead atoms. The minimum atomic E-state index is 0.329. The first-order valence-corrected chi connectivity index (χ1v) is 7.30. The molecule has 106 valence electrons. The monoisotopic (exact) mass is 287 g/mol. The van der Waals surface area contributed by atoms with Crippen molar-refractivity contribution in [2.45, 2.75) is 25.8 Å². The van der Waals surface area contributed by atoms with E-state index in [0.717, 1.165) is 30.0 Å². The molecule has 0 unspecified atom stereocenters. The normalized spacial score (nSPS) is 17.6. The highest BCUT2D eigenvalue weighted by Crippen LogP contribution is 2.52. The van der Waals surface area contributed by atoms with E-state index < -0.39 is 0 Å². The van der Waals surface area contributed by atoms with Gasteiger partial charge in [0.2, 0.25) is 0 Å². The third kappa shape index (κ3) is 1.61. The van der Waals surface area contributed by atoms with Gasteiger partial charge in [0.15, 0.2) is 11.5 Å². The highest BCUT2D eigenvalue weighted by Gasteiger charge is 2.33. The van der Waals surface area contributed by atoms with E-state index in [0.29, 0.717) is 22.9 Å². The molecule has 2 heterocycles. The molecule has 0 aliphatic carbocycles. The maximum absolute atomic E-state index is 9.28. The van der Waals surface area contributed by atoms with Crippen LogP contribution in [0.2, 0.25) is 0 Å². The van der Waals surface area contributed by atoms with E-state index in [2.05, 4.69) is 30.0 Å². The summed E-state index contributed by atoms with van der Waals surface area (Å²) in [5, 5.41) is 18.5. The van der Waals surface area contributed by atoms with Crippen LogP contribution in [0, 0.1) is 22.7 Å². The van der Waals surface area contributed by atoms with Crippen molar-refractivity contribution in [3.8, 4) is 23.6 Å². The lowest BCUT2D eigenvalue weighted by atomic mass is 9.93. The fraction of sp³-hybridized carbons (Fsp3) is 0.222. The highest BCUT2D eigenvalue weighted by atomic mass is 16.5. The maximum atomic E-state index is 9.28. The molecule has 0 spiro atoms. The third-order valence-electron chi connectivity index (χ3n) is 4.42. The molecule has 0 N–H and O–H groups in total. The molecular formula is C18H13N3O. The highest BCUT2D eigenvalue weighted by molar-refractivity contribution is 5.83. The molecule has 0 saturated heterocycles. The van der Waals surface area contributed by atoms with Crippen LogP contribution in [-0.4, -0.2) is 6.04 Å². The van der Waals surface area contributed by atoms with Crippen LogP contribution in [0.25, 0.3) is 0 Å². The second-order valence-corrected chi connectivity index (χ2v) is 5.71. The van der Waals surface area contributed by atoms with Gasteiger partial charge in [-0.05, 0) is 37.5 Å². The molecule has 2 aliphatic rings. The van der Waals surface area contributed by atoms with Crippen LogP contribution in [0.1, 0.15) is 30.0 Å². The average molecular weight is 287 g/mol. The van der Waals surface area contributed by atoms with Crippen LogP contribution in [0.5, 0.6) is 11.5 Å². The van der Waals surface area contributed by atoms with Gasteiger partial charge in [0.1, 0.15) is 12.1 Å². The van der Waals surface area contributed by atoms with E-state index in [9.17, 15) is 10.5 Å². The quantitative estimate of drug-likeness (QED) is 0.734. The van der Waals surface area contributed by atoms with Crippen molar-refractivity contribution in [2.75, 3.05) is 4.90 Å². The zero-order valence-corrected chi connectivity index (χ0v) is 12.1. The minimum absolute atomic E-state index is 0.329. The van der Waals surface area contributed by atoms with Crippen molar-refractivity contribution in [2.24, 2.45) is 0 Å². The summed E-state index contributed by atoms with van der Waals surface area (Å²) in [6, 6.07) is 14.0. The summed E-state index contributed by atoms with van der Waals surface area (Å²) in [5.41, 5.74) is 3.99. The van der Waals surface area contributed by atoms with E-state index in [4.69, 9.17) is 4.74 Å². The molecular weight excluding hydrogens is 274 g/mol. The Labute approximate surface area is 128 Å². The van der Waals surface area contributed by atoms with Crippen LogP contribution in [-0.2, 0) is 6.42 Å². The minimum Gasteiger partial charge on any atom is -0.453 e. The van der Waals surface area contributed by atoms with E-state index in [1.807, 2.05) is 12.1 Å². The first kappa shape index (κ1) is 12.7. The number of benzene rings is 2. The number of aryl methyl sites for hydroxylation is 1. The SMILES string of the molecule is C[C@@H]1CCc2cccc3c2N1c1cc(C#N)c(C#N)cc1O3. The lowest BCUT2D eigenvalue weighted by molar-refractivity contribution is 0.458. The van der Waals surface area contributed by atoms with Gasteiger partial charge in [0.05, 0.1) is 22.5 Å². The summed E-state index contributed by atoms with van der Waals surface area (Å²) in [4.78, 5) is 2.25. The van der Waals surface area contributed by atoms with E-state index >= 15 is 0 Å². The number of hydrogen-bond acceptors (Lipinski definition) is 4. The maximum Gasteiger partial charge on any atom is 0.152 e. The number of nitriles is 2. The fourth-order valence-electron chi connectivity index (χ4n) is 3.34. The van der Waals surface area contributed by atoms with Gasteiger partial charge in [-0.15, -0.1) is 0 Å². The summed E-state index contributed by atoms with van der Waals surface area (Å²) in [6.45, 7) is 2.18. The van der Waals surface area contributed by atoms with Crippen LogP contribution in [0.3, 0.4) is 0 Å². The van der Waals surface area contributed by atoms with E-state index in [1.54, 1.807) is 12.1 Å². The van der Waals surface area contributed by atoms with Gasteiger partial charge in [-0.25, -0.2) is 0 Å². The number of nitrogens with zero attached hydrogens (tertiary/aromatic N) is 3. The standard InChI is InChI=1S/C18H13N3O/c1-11-5-6-12-3-2-4-16-18(12)21(11)15-7-13(9-19)14(10-20)8-17(15)22-16/h2-4,7-8,11H,5-6H2,1H3/t11-/m1/s1. The topological polar surface area (TPSA) is 60.0 Å². The van der Waals surface area contributed by atoms with E-state index in [1.165, 1.54) is 5.56 Å². The molecule has 1 atom stereocenters. The van der Waals surface area contributed by atoms with Crippen molar-refractivity contribution in [3.05, 3.63) is 47.0 Å². The second-order valence-electron chi connectivity index (χ2n) is 5.71. The number of para-hydroxylation sites is 1. The Bertz CT molecular complexity index is 873. The lowest BCUT2D eigenvalue weighted by Crippen LogP contribution is -2.35. The van der Waals surface area contributed by atoms with E-state index in [-0.39, 0.29) is 0 Å². The van der Waals surface area contributed by atoms with Crippen molar-refractivity contribution in [1.82, 2.24) is 0 Å². The molecule has 4 heteroatoms. The Morgan fingerprint density at radius 2 is 1.91 bits per heavy atom. The zero-order valence-electron chi connectivity index (χ0n) is 12.1. The van der Waals surface area contributed by atoms with Gasteiger partial charge < -0.3 is 9.64 Å². The van der Waals surface area contributed by atoms with Gasteiger partial charge in [-0.1, -0.05) is 12.1 Å². The molecule has 22 heavy (non-hydrogen) atoms. The zero-order chi connectivity index (χ0) is 15.3. The van der Waals surface area contributed by atoms with Gasteiger partial charge >= 0.3 is 0 Å². The van der Waals surface area contributed by atoms with Crippen LogP contribution in [0.15, 0.2) is 30.3 Å². The van der Waals surface area contributed by atoms with Crippen LogP contribution in [0.4, 0.5) is 11.4 Å². The number of rotatable bonds is 0. The lowest BCUT2D eigenvalue weighted by Gasteiger charge is -2.41. The number of fused-ring (bicyclic) bond motifs is 2. The van der Waals surface area contributed by atoms with Crippen molar-refractivity contribution >= 4 is 11.4 Å². The molecule has 0 saturated carbocycles. The van der Waals surface area contributed by atoms with Gasteiger partial charge in [0.25, 0.3) is 0 Å². The Morgan fingerprint density at radius 1 is 1.14 bits per heavy atom. The predicted molar refractivity (Wildman–Crippen MR) is 82.3 cm³/mol. The summed E-state index contributed by atoms with van der Waals surface area (Å²) in [5.74, 6) is 1.47. The Hall–Kier alpha value is -2.98. The number of hydrogen-bond donors (Lipinski definition) is 0. The number of anilines is 2. The van der Waals surface area contributed by atoms with Crippen molar-refractivity contribution in [3.63, 3.8) is 0 Å². The summed E-state index contributed by atoms with van der Waals surface area (Å²) in [6.07, 6.45) is 2.08.